The molecule has 0 aliphatic carbocycles. The topological polar surface area (TPSA) is 38.7 Å². The van der Waals surface area contributed by atoms with Gasteiger partial charge in [-0.3, -0.25) is 0 Å². The van der Waals surface area contributed by atoms with Crippen LogP contribution in [0.3, 0.4) is 0 Å². The van der Waals surface area contributed by atoms with E-state index in [-0.39, 0.29) is 0 Å². The quantitative estimate of drug-likeness (QED) is 0.185. The molecule has 222 valence electrons. The maximum atomic E-state index is 5.13. The predicted molar refractivity (Wildman–Crippen MR) is 199 cm³/mol. The van der Waals surface area contributed by atoms with Gasteiger partial charge in [-0.15, -0.1) is 0 Å². The van der Waals surface area contributed by atoms with Crippen molar-refractivity contribution in [3.63, 3.8) is 0 Å². The zero-order chi connectivity index (χ0) is 31.5. The van der Waals surface area contributed by atoms with Crippen molar-refractivity contribution in [1.29, 1.82) is 0 Å². The Balaban J connectivity index is 1.19. The highest BCUT2D eigenvalue weighted by molar-refractivity contribution is 7.05. The Morgan fingerprint density at radius 1 is 0.383 bits per heavy atom. The Labute approximate surface area is 275 Å². The molecule has 1 aromatic heterocycles. The molecular formula is C43H31N3Si. The molecule has 7 aromatic carbocycles. The van der Waals surface area contributed by atoms with Gasteiger partial charge in [-0.25, -0.2) is 15.0 Å². The second kappa shape index (κ2) is 10.7. The summed E-state index contributed by atoms with van der Waals surface area (Å²) in [6, 6.07) is 54.0. The molecule has 0 radical (unpaired) electrons. The van der Waals surface area contributed by atoms with E-state index >= 15 is 0 Å². The lowest BCUT2D eigenvalue weighted by Gasteiger charge is -2.20. The molecule has 0 amide bonds. The molecule has 0 N–H and O–H groups in total. The third-order valence-electron chi connectivity index (χ3n) is 9.67. The molecule has 9 rings (SSSR count). The maximum absolute atomic E-state index is 5.13. The molecule has 0 fully saturated rings. The fraction of sp³-hybridized carbons (Fsp3) is 0.0465. The highest BCUT2D eigenvalue weighted by Gasteiger charge is 2.39. The molecule has 0 bridgehead atoms. The van der Waals surface area contributed by atoms with E-state index in [1.807, 2.05) is 18.2 Å². The summed E-state index contributed by atoms with van der Waals surface area (Å²) in [5.74, 6) is 2.03. The Morgan fingerprint density at radius 2 is 0.915 bits per heavy atom. The van der Waals surface area contributed by atoms with Crippen LogP contribution in [0.4, 0.5) is 0 Å². The van der Waals surface area contributed by atoms with Crippen LogP contribution in [-0.2, 0) is 0 Å². The van der Waals surface area contributed by atoms with Gasteiger partial charge in [-0.2, -0.15) is 0 Å². The van der Waals surface area contributed by atoms with E-state index in [2.05, 4.69) is 147 Å². The summed E-state index contributed by atoms with van der Waals surface area (Å²) in [6.07, 6.45) is 0. The van der Waals surface area contributed by atoms with Crippen LogP contribution in [-0.4, -0.2) is 23.0 Å². The van der Waals surface area contributed by atoms with Gasteiger partial charge in [0.05, 0.1) is 0 Å². The van der Waals surface area contributed by atoms with Crippen LogP contribution in [0.1, 0.15) is 0 Å². The van der Waals surface area contributed by atoms with Crippen molar-refractivity contribution in [3.05, 3.63) is 152 Å². The number of hydrogen-bond acceptors (Lipinski definition) is 3. The molecule has 1 aliphatic heterocycles. The van der Waals surface area contributed by atoms with Gasteiger partial charge in [0.15, 0.2) is 17.5 Å². The number of hydrogen-bond donors (Lipinski definition) is 0. The van der Waals surface area contributed by atoms with E-state index in [0.29, 0.717) is 17.5 Å². The monoisotopic (exact) mass is 617 g/mol. The first kappa shape index (κ1) is 27.6. The number of nitrogens with zero attached hydrogens (tertiary/aromatic N) is 3. The molecule has 0 spiro atoms. The predicted octanol–water partition coefficient (Wildman–Crippen LogP) is 9.65. The number of rotatable bonds is 4. The normalized spacial score (nSPS) is 13.1. The molecule has 1 aliphatic rings. The molecule has 0 unspecified atom stereocenters. The van der Waals surface area contributed by atoms with Crippen LogP contribution in [0.25, 0.3) is 78.0 Å². The summed E-state index contributed by atoms with van der Waals surface area (Å²) < 4.78 is 0. The lowest BCUT2D eigenvalue weighted by molar-refractivity contribution is 1.07. The van der Waals surface area contributed by atoms with Crippen LogP contribution < -0.4 is 10.4 Å². The Kier molecular flexibility index (Phi) is 6.27. The summed E-state index contributed by atoms with van der Waals surface area (Å²) in [4.78, 5) is 15.2. The van der Waals surface area contributed by atoms with E-state index in [1.165, 1.54) is 48.8 Å². The SMILES string of the molecule is C[Si]1(C)c2ccc(-c3nc(-c4ccccc4)nc(-c4ccc5cc(-c6ccccc6)ccc5c4)n3)cc2-c2ccc3ccccc3c21. The van der Waals surface area contributed by atoms with Gasteiger partial charge < -0.3 is 0 Å². The molecule has 4 heteroatoms. The zero-order valence-electron chi connectivity index (χ0n) is 26.3. The minimum atomic E-state index is -1.90. The fourth-order valence-corrected chi connectivity index (χ4v) is 10.7. The van der Waals surface area contributed by atoms with Crippen molar-refractivity contribution in [2.45, 2.75) is 13.1 Å². The van der Waals surface area contributed by atoms with Crippen molar-refractivity contribution in [1.82, 2.24) is 15.0 Å². The molecule has 0 saturated carbocycles. The van der Waals surface area contributed by atoms with Crippen LogP contribution >= 0.6 is 0 Å². The van der Waals surface area contributed by atoms with Gasteiger partial charge in [-0.1, -0.05) is 147 Å². The summed E-state index contributed by atoms with van der Waals surface area (Å²) in [7, 11) is -1.90. The average molecular weight is 618 g/mol. The molecular weight excluding hydrogens is 587 g/mol. The average Bonchev–Trinajstić information content (AvgIpc) is 3.37. The van der Waals surface area contributed by atoms with Crippen molar-refractivity contribution < 1.29 is 0 Å². The fourth-order valence-electron chi connectivity index (χ4n) is 7.30. The van der Waals surface area contributed by atoms with Crippen molar-refractivity contribution in [2.75, 3.05) is 0 Å². The lowest BCUT2D eigenvalue weighted by Crippen LogP contribution is -2.49. The van der Waals surface area contributed by atoms with Crippen molar-refractivity contribution >= 4 is 40.0 Å². The molecule has 47 heavy (non-hydrogen) atoms. The van der Waals surface area contributed by atoms with E-state index in [0.717, 1.165) is 22.1 Å². The third kappa shape index (κ3) is 4.60. The van der Waals surface area contributed by atoms with E-state index in [4.69, 9.17) is 15.0 Å². The smallest absolute Gasteiger partial charge is 0.164 e. The maximum Gasteiger partial charge on any atom is 0.164 e. The third-order valence-corrected chi connectivity index (χ3v) is 13.2. The molecule has 8 aromatic rings. The van der Waals surface area contributed by atoms with Crippen molar-refractivity contribution in [3.8, 4) is 56.4 Å². The van der Waals surface area contributed by atoms with E-state index in [1.54, 1.807) is 0 Å². The largest absolute Gasteiger partial charge is 0.208 e. The standard InChI is InChI=1S/C43H31N3Si/c1-47(2)39-24-22-35(27-38(39)37-23-21-29-13-9-10-16-36(29)40(37)47)43-45-41(30-14-7-4-8-15-30)44-42(46-43)34-20-19-32-25-31(17-18-33(32)26-34)28-11-5-3-6-12-28/h3-27H,1-2H3. The minimum Gasteiger partial charge on any atom is -0.208 e. The second-order valence-electron chi connectivity index (χ2n) is 12.9. The first-order chi connectivity index (χ1) is 23.0. The Morgan fingerprint density at radius 3 is 1.64 bits per heavy atom. The number of aromatic nitrogens is 3. The molecule has 0 atom stereocenters. The van der Waals surface area contributed by atoms with Gasteiger partial charge in [0.2, 0.25) is 0 Å². The highest BCUT2D eigenvalue weighted by atomic mass is 28.3. The minimum absolute atomic E-state index is 0.671. The number of fused-ring (bicyclic) bond motifs is 6. The van der Waals surface area contributed by atoms with Gasteiger partial charge in [0.1, 0.15) is 8.07 Å². The lowest BCUT2D eigenvalue weighted by atomic mass is 9.99. The zero-order valence-corrected chi connectivity index (χ0v) is 27.3. The summed E-state index contributed by atoms with van der Waals surface area (Å²) in [5.41, 5.74) is 8.02. The second-order valence-corrected chi connectivity index (χ2v) is 17.2. The molecule has 2 heterocycles. The first-order valence-electron chi connectivity index (χ1n) is 16.1. The van der Waals surface area contributed by atoms with E-state index < -0.39 is 8.07 Å². The Hall–Kier alpha value is -5.71. The van der Waals surface area contributed by atoms with Gasteiger partial charge in [-0.05, 0) is 72.4 Å². The summed E-state index contributed by atoms with van der Waals surface area (Å²) >= 11 is 0. The van der Waals surface area contributed by atoms with Crippen LogP contribution in [0.2, 0.25) is 13.1 Å². The first-order valence-corrected chi connectivity index (χ1v) is 19.1. The summed E-state index contributed by atoms with van der Waals surface area (Å²) in [6.45, 7) is 4.95. The van der Waals surface area contributed by atoms with Crippen LogP contribution in [0.15, 0.2) is 152 Å². The van der Waals surface area contributed by atoms with Gasteiger partial charge in [0.25, 0.3) is 0 Å². The summed E-state index contributed by atoms with van der Waals surface area (Å²) in [5, 5.41) is 8.01. The van der Waals surface area contributed by atoms with Gasteiger partial charge in [0, 0.05) is 16.7 Å². The number of benzene rings is 7. The van der Waals surface area contributed by atoms with Gasteiger partial charge >= 0.3 is 0 Å². The van der Waals surface area contributed by atoms with Crippen LogP contribution in [0.5, 0.6) is 0 Å². The van der Waals surface area contributed by atoms with Crippen molar-refractivity contribution in [2.24, 2.45) is 0 Å². The van der Waals surface area contributed by atoms with Crippen LogP contribution in [0, 0.1) is 0 Å². The highest BCUT2D eigenvalue weighted by Crippen LogP contribution is 2.35. The molecule has 3 nitrogen and oxygen atoms in total. The van der Waals surface area contributed by atoms with E-state index in [9.17, 15) is 0 Å². The molecule has 0 saturated heterocycles. The Bertz CT molecular complexity index is 2490.